The third-order valence-corrected chi connectivity index (χ3v) is 3.51. The normalized spacial score (nSPS) is 21.0. The number of rotatable bonds is 4. The highest BCUT2D eigenvalue weighted by molar-refractivity contribution is 5.22. The molecule has 0 aromatic carbocycles. The second kappa shape index (κ2) is 3.99. The summed E-state index contributed by atoms with van der Waals surface area (Å²) in [5, 5.41) is 0. The maximum absolute atomic E-state index is 5.83. The highest BCUT2D eigenvalue weighted by Crippen LogP contribution is 2.41. The zero-order valence-corrected chi connectivity index (χ0v) is 9.45. The Bertz CT molecular complexity index is 324. The number of hydrogen-bond acceptors (Lipinski definition) is 3. The highest BCUT2D eigenvalue weighted by Gasteiger charge is 2.48. The number of nitrogens with two attached hydrogens (primary N) is 1. The van der Waals surface area contributed by atoms with Crippen LogP contribution in [0.25, 0.3) is 0 Å². The lowest BCUT2D eigenvalue weighted by molar-refractivity contribution is -0.0998. The molecule has 1 atom stereocenters. The van der Waals surface area contributed by atoms with E-state index in [1.807, 2.05) is 13.0 Å². The van der Waals surface area contributed by atoms with Gasteiger partial charge in [-0.2, -0.15) is 0 Å². The number of hydrogen-bond donors (Lipinski definition) is 1. The maximum Gasteiger partial charge on any atom is 0.115 e. The molecule has 0 bridgehead atoms. The molecule has 0 spiro atoms. The lowest BCUT2D eigenvalue weighted by atomic mass is 9.70. The summed E-state index contributed by atoms with van der Waals surface area (Å²) in [6.45, 7) is 6.33. The first kappa shape index (κ1) is 10.7. The molecule has 1 saturated heterocycles. The van der Waals surface area contributed by atoms with Crippen LogP contribution in [-0.2, 0) is 10.2 Å². The van der Waals surface area contributed by atoms with Gasteiger partial charge in [0.25, 0.3) is 0 Å². The average Bonchev–Trinajstić information content (AvgIpc) is 2.58. The smallest absolute Gasteiger partial charge is 0.115 e. The minimum atomic E-state index is 0.0394. The second-order valence-electron chi connectivity index (χ2n) is 4.40. The van der Waals surface area contributed by atoms with Crippen LogP contribution in [0.3, 0.4) is 0 Å². The van der Waals surface area contributed by atoms with Gasteiger partial charge in [0, 0.05) is 0 Å². The number of furan rings is 1. The predicted molar refractivity (Wildman–Crippen MR) is 58.8 cm³/mol. The molecule has 1 aromatic rings. The van der Waals surface area contributed by atoms with Gasteiger partial charge in [-0.05, 0) is 31.5 Å². The summed E-state index contributed by atoms with van der Waals surface area (Å²) in [7, 11) is 0. The van der Waals surface area contributed by atoms with Gasteiger partial charge in [-0.1, -0.05) is 13.3 Å². The lowest BCUT2D eigenvalue weighted by Crippen LogP contribution is -2.54. The minimum absolute atomic E-state index is 0.0394. The van der Waals surface area contributed by atoms with E-state index < -0.39 is 0 Å². The van der Waals surface area contributed by atoms with Crippen LogP contribution >= 0.6 is 0 Å². The molecule has 1 aliphatic heterocycles. The van der Waals surface area contributed by atoms with Gasteiger partial charge < -0.3 is 14.9 Å². The van der Waals surface area contributed by atoms with E-state index in [0.717, 1.165) is 31.2 Å². The fraction of sp³-hybridized carbons (Fsp3) is 0.667. The quantitative estimate of drug-likeness (QED) is 0.823. The molecule has 0 aliphatic carbocycles. The zero-order valence-electron chi connectivity index (χ0n) is 9.45. The molecule has 2 heterocycles. The molecule has 0 saturated carbocycles. The molecule has 2 N–H and O–H groups in total. The molecule has 2 rings (SSSR count). The van der Waals surface area contributed by atoms with Gasteiger partial charge in [-0.3, -0.25) is 0 Å². The van der Waals surface area contributed by atoms with Crippen molar-refractivity contribution < 1.29 is 9.15 Å². The molecule has 84 valence electrons. The number of aryl methyl sites for hydroxylation is 1. The SMILES string of the molecule is CCC(CN)C1(c2ccc(C)o2)COC1. The monoisotopic (exact) mass is 209 g/mol. The maximum atomic E-state index is 5.83. The van der Waals surface area contributed by atoms with Crippen LogP contribution < -0.4 is 5.73 Å². The zero-order chi connectivity index (χ0) is 10.9. The van der Waals surface area contributed by atoms with Gasteiger partial charge in [0.1, 0.15) is 11.5 Å². The van der Waals surface area contributed by atoms with E-state index in [1.165, 1.54) is 0 Å². The highest BCUT2D eigenvalue weighted by atomic mass is 16.5. The molecular formula is C12H19NO2. The van der Waals surface area contributed by atoms with Crippen molar-refractivity contribution in [3.8, 4) is 0 Å². The summed E-state index contributed by atoms with van der Waals surface area (Å²) < 4.78 is 11.1. The van der Waals surface area contributed by atoms with E-state index in [9.17, 15) is 0 Å². The molecule has 3 heteroatoms. The summed E-state index contributed by atoms with van der Waals surface area (Å²) in [6.07, 6.45) is 1.07. The Morgan fingerprint density at radius 3 is 2.53 bits per heavy atom. The fourth-order valence-corrected chi connectivity index (χ4v) is 2.39. The Labute approximate surface area is 90.6 Å². The van der Waals surface area contributed by atoms with Crippen molar-refractivity contribution in [1.29, 1.82) is 0 Å². The van der Waals surface area contributed by atoms with Gasteiger partial charge in [0.2, 0.25) is 0 Å². The minimum Gasteiger partial charge on any atom is -0.466 e. The topological polar surface area (TPSA) is 48.4 Å². The van der Waals surface area contributed by atoms with Gasteiger partial charge in [0.05, 0.1) is 18.6 Å². The van der Waals surface area contributed by atoms with Crippen LogP contribution in [0.2, 0.25) is 0 Å². The Morgan fingerprint density at radius 2 is 2.20 bits per heavy atom. The van der Waals surface area contributed by atoms with Crippen molar-refractivity contribution in [2.24, 2.45) is 11.7 Å². The first-order valence-corrected chi connectivity index (χ1v) is 5.57. The van der Waals surface area contributed by atoms with Gasteiger partial charge in [0.15, 0.2) is 0 Å². The molecule has 3 nitrogen and oxygen atoms in total. The van der Waals surface area contributed by atoms with Crippen molar-refractivity contribution >= 4 is 0 Å². The summed E-state index contributed by atoms with van der Waals surface area (Å²) in [4.78, 5) is 0. The Kier molecular flexibility index (Phi) is 2.85. The van der Waals surface area contributed by atoms with Crippen LogP contribution in [0, 0.1) is 12.8 Å². The van der Waals surface area contributed by atoms with Crippen molar-refractivity contribution in [2.75, 3.05) is 19.8 Å². The molecule has 1 aliphatic rings. The fourth-order valence-electron chi connectivity index (χ4n) is 2.39. The van der Waals surface area contributed by atoms with Gasteiger partial charge in [-0.25, -0.2) is 0 Å². The summed E-state index contributed by atoms with van der Waals surface area (Å²) in [5.41, 5.74) is 5.87. The molecule has 0 amide bonds. The lowest BCUT2D eigenvalue weighted by Gasteiger charge is -2.45. The first-order chi connectivity index (χ1) is 7.23. The molecule has 15 heavy (non-hydrogen) atoms. The molecule has 1 aromatic heterocycles. The average molecular weight is 209 g/mol. The van der Waals surface area contributed by atoms with Crippen LogP contribution in [0.4, 0.5) is 0 Å². The molecule has 1 unspecified atom stereocenters. The Hall–Kier alpha value is -0.800. The standard InChI is InChI=1S/C12H19NO2/c1-3-10(6-13)12(7-14-8-12)11-5-4-9(2)15-11/h4-5,10H,3,6-8,13H2,1-2H3. The summed E-state index contributed by atoms with van der Waals surface area (Å²) in [6, 6.07) is 4.08. The van der Waals surface area contributed by atoms with Crippen LogP contribution in [0.15, 0.2) is 16.5 Å². The molecular weight excluding hydrogens is 190 g/mol. The van der Waals surface area contributed by atoms with Crippen LogP contribution in [0.1, 0.15) is 24.9 Å². The van der Waals surface area contributed by atoms with E-state index in [2.05, 4.69) is 13.0 Å². The van der Waals surface area contributed by atoms with Crippen molar-refractivity contribution in [2.45, 2.75) is 25.7 Å². The van der Waals surface area contributed by atoms with E-state index in [-0.39, 0.29) is 5.41 Å². The van der Waals surface area contributed by atoms with Crippen molar-refractivity contribution in [3.05, 3.63) is 23.7 Å². The predicted octanol–water partition coefficient (Wildman–Crippen LogP) is 1.84. The van der Waals surface area contributed by atoms with E-state index in [4.69, 9.17) is 14.9 Å². The second-order valence-corrected chi connectivity index (χ2v) is 4.40. The third kappa shape index (κ3) is 1.60. The van der Waals surface area contributed by atoms with Crippen LogP contribution in [0.5, 0.6) is 0 Å². The summed E-state index contributed by atoms with van der Waals surface area (Å²) in [5.74, 6) is 2.46. The van der Waals surface area contributed by atoms with Gasteiger partial charge >= 0.3 is 0 Å². The Morgan fingerprint density at radius 1 is 1.47 bits per heavy atom. The molecule has 1 fully saturated rings. The van der Waals surface area contributed by atoms with Gasteiger partial charge in [-0.15, -0.1) is 0 Å². The van der Waals surface area contributed by atoms with E-state index >= 15 is 0 Å². The van der Waals surface area contributed by atoms with Crippen LogP contribution in [-0.4, -0.2) is 19.8 Å². The number of ether oxygens (including phenoxy) is 1. The van der Waals surface area contributed by atoms with E-state index in [0.29, 0.717) is 12.5 Å². The largest absolute Gasteiger partial charge is 0.466 e. The third-order valence-electron chi connectivity index (χ3n) is 3.51. The van der Waals surface area contributed by atoms with E-state index in [1.54, 1.807) is 0 Å². The van der Waals surface area contributed by atoms with Crippen molar-refractivity contribution in [3.63, 3.8) is 0 Å². The Balaban J connectivity index is 2.28. The van der Waals surface area contributed by atoms with Crippen molar-refractivity contribution in [1.82, 2.24) is 0 Å². The summed E-state index contributed by atoms with van der Waals surface area (Å²) >= 11 is 0. The molecule has 0 radical (unpaired) electrons. The first-order valence-electron chi connectivity index (χ1n) is 5.57.